The molecular weight excluding hydrogens is 142 g/mol. The van der Waals surface area contributed by atoms with Gasteiger partial charge in [0.1, 0.15) is 5.82 Å². The zero-order chi connectivity index (χ0) is 8.43. The second-order valence-corrected chi connectivity index (χ2v) is 2.72. The van der Waals surface area contributed by atoms with Crippen LogP contribution in [0.4, 0.5) is 5.82 Å². The highest BCUT2D eigenvalue weighted by atomic mass is 16.1. The number of nitrogens with zero attached hydrogens (tertiary/aromatic N) is 1. The van der Waals surface area contributed by atoms with E-state index in [1.54, 1.807) is 6.07 Å². The largest absolute Gasteiger partial charge is 0.383 e. The topological polar surface area (TPSA) is 71.8 Å². The summed E-state index contributed by atoms with van der Waals surface area (Å²) in [6.07, 6.45) is 0. The minimum Gasteiger partial charge on any atom is -0.383 e. The lowest BCUT2D eigenvalue weighted by molar-refractivity contribution is 0.804. The Hall–Kier alpha value is -1.32. The van der Waals surface area contributed by atoms with Crippen molar-refractivity contribution in [3.63, 3.8) is 0 Å². The molecule has 11 heavy (non-hydrogen) atoms. The Bertz CT molecular complexity index is 303. The molecule has 0 bridgehead atoms. The van der Waals surface area contributed by atoms with Gasteiger partial charge in [0, 0.05) is 11.8 Å². The minimum atomic E-state index is -0.381. The maximum absolute atomic E-state index is 10.8. The van der Waals surface area contributed by atoms with Gasteiger partial charge >= 0.3 is 5.69 Å². The number of aromatic nitrogens is 2. The van der Waals surface area contributed by atoms with Crippen LogP contribution in [0.25, 0.3) is 0 Å². The summed E-state index contributed by atoms with van der Waals surface area (Å²) in [6.45, 7) is 3.95. The molecule has 0 amide bonds. The summed E-state index contributed by atoms with van der Waals surface area (Å²) < 4.78 is 0. The molecule has 0 saturated heterocycles. The van der Waals surface area contributed by atoms with E-state index in [0.29, 0.717) is 0 Å². The van der Waals surface area contributed by atoms with Gasteiger partial charge in [-0.25, -0.2) is 4.79 Å². The van der Waals surface area contributed by atoms with Crippen LogP contribution in [0.3, 0.4) is 0 Å². The molecule has 0 aliphatic carbocycles. The Morgan fingerprint density at radius 1 is 1.64 bits per heavy atom. The molecule has 0 radical (unpaired) electrons. The Morgan fingerprint density at radius 2 is 2.27 bits per heavy atom. The molecule has 3 N–H and O–H groups in total. The van der Waals surface area contributed by atoms with E-state index < -0.39 is 0 Å². The number of rotatable bonds is 1. The zero-order valence-electron chi connectivity index (χ0n) is 6.59. The lowest BCUT2D eigenvalue weighted by Crippen LogP contribution is -2.15. The van der Waals surface area contributed by atoms with Gasteiger partial charge in [0.25, 0.3) is 0 Å². The molecule has 1 rings (SSSR count). The fraction of sp³-hybridized carbons (Fsp3) is 0.429. The van der Waals surface area contributed by atoms with Crippen molar-refractivity contribution in [2.45, 2.75) is 19.8 Å². The highest BCUT2D eigenvalue weighted by Gasteiger charge is 2.00. The molecule has 1 heterocycles. The number of hydrogen-bond donors (Lipinski definition) is 2. The van der Waals surface area contributed by atoms with Crippen molar-refractivity contribution in [2.75, 3.05) is 5.73 Å². The van der Waals surface area contributed by atoms with Gasteiger partial charge in [0.15, 0.2) is 0 Å². The molecule has 0 unspecified atom stereocenters. The molecule has 4 nitrogen and oxygen atoms in total. The summed E-state index contributed by atoms with van der Waals surface area (Å²) in [5.41, 5.74) is 5.81. The van der Waals surface area contributed by atoms with Crippen molar-refractivity contribution < 1.29 is 0 Å². The number of anilines is 1. The molecule has 4 heteroatoms. The average Bonchev–Trinajstić information content (AvgIpc) is 1.85. The summed E-state index contributed by atoms with van der Waals surface area (Å²) in [5, 5.41) is 0. The van der Waals surface area contributed by atoms with Crippen LogP contribution >= 0.6 is 0 Å². The van der Waals surface area contributed by atoms with Gasteiger partial charge in [-0.15, -0.1) is 0 Å². The number of nitrogen functional groups attached to an aromatic ring is 1. The fourth-order valence-corrected chi connectivity index (χ4v) is 0.807. The van der Waals surface area contributed by atoms with Crippen LogP contribution in [-0.2, 0) is 0 Å². The Balaban J connectivity index is 3.19. The number of aromatic amines is 1. The Labute approximate surface area is 64.5 Å². The maximum atomic E-state index is 10.8. The smallest absolute Gasteiger partial charge is 0.347 e. The van der Waals surface area contributed by atoms with Crippen LogP contribution in [0.15, 0.2) is 10.9 Å². The van der Waals surface area contributed by atoms with Gasteiger partial charge in [-0.1, -0.05) is 13.8 Å². The summed E-state index contributed by atoms with van der Waals surface area (Å²) >= 11 is 0. The molecule has 0 aliphatic heterocycles. The van der Waals surface area contributed by atoms with Crippen molar-refractivity contribution in [1.29, 1.82) is 0 Å². The van der Waals surface area contributed by atoms with Gasteiger partial charge in [-0.3, -0.25) is 0 Å². The standard InChI is InChI=1S/C7H11N3O/c1-4(2)5-3-6(8)10-7(11)9-5/h3-4H,1-2H3,(H3,8,9,10,11). The van der Waals surface area contributed by atoms with Crippen LogP contribution in [-0.4, -0.2) is 9.97 Å². The predicted molar refractivity (Wildman–Crippen MR) is 43.4 cm³/mol. The summed E-state index contributed by atoms with van der Waals surface area (Å²) in [6, 6.07) is 1.67. The first kappa shape index (κ1) is 7.78. The van der Waals surface area contributed by atoms with Crippen LogP contribution in [0, 0.1) is 0 Å². The third kappa shape index (κ3) is 1.80. The van der Waals surface area contributed by atoms with Crippen LogP contribution in [0.1, 0.15) is 25.5 Å². The van der Waals surface area contributed by atoms with Crippen molar-refractivity contribution in [3.8, 4) is 0 Å². The minimum absolute atomic E-state index is 0.271. The lowest BCUT2D eigenvalue weighted by Gasteiger charge is -2.03. The molecule has 0 atom stereocenters. The molecule has 0 aromatic carbocycles. The quantitative estimate of drug-likeness (QED) is 0.616. The first-order chi connectivity index (χ1) is 5.09. The van der Waals surface area contributed by atoms with Gasteiger partial charge in [0.2, 0.25) is 0 Å². The second-order valence-electron chi connectivity index (χ2n) is 2.72. The van der Waals surface area contributed by atoms with E-state index in [2.05, 4.69) is 9.97 Å². The van der Waals surface area contributed by atoms with Crippen LogP contribution < -0.4 is 11.4 Å². The second kappa shape index (κ2) is 2.74. The molecule has 0 spiro atoms. The van der Waals surface area contributed by atoms with E-state index in [0.717, 1.165) is 5.69 Å². The molecule has 0 aliphatic rings. The predicted octanol–water partition coefficient (Wildman–Crippen LogP) is 0.475. The van der Waals surface area contributed by atoms with Crippen molar-refractivity contribution in [1.82, 2.24) is 9.97 Å². The molecule has 1 aromatic heterocycles. The van der Waals surface area contributed by atoms with Crippen molar-refractivity contribution in [2.24, 2.45) is 0 Å². The first-order valence-corrected chi connectivity index (χ1v) is 3.46. The van der Waals surface area contributed by atoms with Gasteiger partial charge in [-0.05, 0) is 5.92 Å². The molecule has 60 valence electrons. The maximum Gasteiger partial charge on any atom is 0.347 e. The molecule has 0 saturated carbocycles. The van der Waals surface area contributed by atoms with Crippen molar-refractivity contribution >= 4 is 5.82 Å². The highest BCUT2D eigenvalue weighted by molar-refractivity contribution is 5.28. The Kier molecular flexibility index (Phi) is 1.94. The molecule has 0 fully saturated rings. The van der Waals surface area contributed by atoms with E-state index in [-0.39, 0.29) is 17.4 Å². The number of nitrogens with one attached hydrogen (secondary N) is 1. The lowest BCUT2D eigenvalue weighted by atomic mass is 10.1. The normalized spacial score (nSPS) is 10.5. The third-order valence-corrected chi connectivity index (χ3v) is 1.41. The number of nitrogens with two attached hydrogens (primary N) is 1. The summed E-state index contributed by atoms with van der Waals surface area (Å²) in [5.74, 6) is 0.547. The van der Waals surface area contributed by atoms with E-state index >= 15 is 0 Å². The molecule has 1 aromatic rings. The Morgan fingerprint density at radius 3 is 2.73 bits per heavy atom. The summed E-state index contributed by atoms with van der Waals surface area (Å²) in [4.78, 5) is 16.9. The monoisotopic (exact) mass is 153 g/mol. The van der Waals surface area contributed by atoms with Gasteiger partial charge < -0.3 is 10.7 Å². The summed E-state index contributed by atoms with van der Waals surface area (Å²) in [7, 11) is 0. The van der Waals surface area contributed by atoms with E-state index in [4.69, 9.17) is 5.73 Å². The number of hydrogen-bond acceptors (Lipinski definition) is 3. The zero-order valence-corrected chi connectivity index (χ0v) is 6.59. The number of H-pyrrole nitrogens is 1. The SMILES string of the molecule is CC(C)c1cc(N)nc(=O)[nH]1. The first-order valence-electron chi connectivity index (χ1n) is 3.46. The molecular formula is C7H11N3O. The van der Waals surface area contributed by atoms with Gasteiger partial charge in [-0.2, -0.15) is 4.98 Å². The third-order valence-electron chi connectivity index (χ3n) is 1.41. The van der Waals surface area contributed by atoms with Crippen molar-refractivity contribution in [3.05, 3.63) is 22.2 Å². The van der Waals surface area contributed by atoms with Crippen LogP contribution in [0.2, 0.25) is 0 Å². The van der Waals surface area contributed by atoms with Crippen LogP contribution in [0.5, 0.6) is 0 Å². The average molecular weight is 153 g/mol. The van der Waals surface area contributed by atoms with E-state index in [9.17, 15) is 4.79 Å². The highest BCUT2D eigenvalue weighted by Crippen LogP contribution is 2.09. The van der Waals surface area contributed by atoms with E-state index in [1.807, 2.05) is 13.8 Å². The van der Waals surface area contributed by atoms with Gasteiger partial charge in [0.05, 0.1) is 0 Å². The fourth-order valence-electron chi connectivity index (χ4n) is 0.807. The van der Waals surface area contributed by atoms with E-state index in [1.165, 1.54) is 0 Å².